The Morgan fingerprint density at radius 3 is 1.10 bits per heavy atom. The van der Waals surface area contributed by atoms with Crippen LogP contribution in [0.15, 0.2) is 167 Å². The highest BCUT2D eigenvalue weighted by molar-refractivity contribution is 7.01. The van der Waals surface area contributed by atoms with Crippen molar-refractivity contribution in [3.8, 4) is 0 Å². The van der Waals surface area contributed by atoms with Crippen LogP contribution in [0, 0.1) is 41.5 Å². The Morgan fingerprint density at radius 2 is 0.691 bits per heavy atom. The lowest BCUT2D eigenvalue weighted by Gasteiger charge is -2.50. The molecule has 0 N–H and O–H groups in total. The monoisotopic (exact) mass is 870 g/mol. The lowest BCUT2D eigenvalue weighted by atomic mass is 9.32. The number of anilines is 6. The van der Waals surface area contributed by atoms with Gasteiger partial charge < -0.3 is 18.6 Å². The molecule has 0 spiro atoms. The molecule has 12 aromatic rings. The van der Waals surface area contributed by atoms with E-state index in [2.05, 4.69) is 209 Å². The SMILES string of the molecule is Cc1cc(C)c(B2c3cc4oc5ccccc5c4cc3N3c4cc5ccccc5c5c4N(c4cc6c(cc4B5c4c(C)cc(C)cc4C)oc4ccccc46)c4cc5ccccc5c2c43)c(C)c1. The predicted molar refractivity (Wildman–Crippen MR) is 290 cm³/mol. The lowest BCUT2D eigenvalue weighted by molar-refractivity contribution is 0.669. The molecule has 0 aliphatic carbocycles. The van der Waals surface area contributed by atoms with E-state index in [0.29, 0.717) is 0 Å². The molecule has 3 aliphatic heterocycles. The van der Waals surface area contributed by atoms with Crippen LogP contribution >= 0.6 is 0 Å². The van der Waals surface area contributed by atoms with Gasteiger partial charge in [-0.1, -0.05) is 154 Å². The van der Waals surface area contributed by atoms with Crippen molar-refractivity contribution in [2.45, 2.75) is 41.5 Å². The van der Waals surface area contributed by atoms with Gasteiger partial charge in [-0.2, -0.15) is 0 Å². The van der Waals surface area contributed by atoms with Crippen molar-refractivity contribution in [1.29, 1.82) is 0 Å². The van der Waals surface area contributed by atoms with Crippen molar-refractivity contribution in [2.75, 3.05) is 9.80 Å². The first-order valence-electron chi connectivity index (χ1n) is 24.0. The van der Waals surface area contributed by atoms with Crippen LogP contribution in [-0.4, -0.2) is 13.4 Å². The first kappa shape index (κ1) is 38.2. The highest BCUT2D eigenvalue weighted by Crippen LogP contribution is 2.57. The van der Waals surface area contributed by atoms with Gasteiger partial charge in [0.1, 0.15) is 22.3 Å². The minimum absolute atomic E-state index is 0.0871. The summed E-state index contributed by atoms with van der Waals surface area (Å²) < 4.78 is 13.6. The van der Waals surface area contributed by atoms with E-state index in [1.165, 1.54) is 122 Å². The van der Waals surface area contributed by atoms with Gasteiger partial charge in [-0.05, 0) is 133 Å². The number of nitrogens with zero attached hydrogens (tertiary/aromatic N) is 2. The van der Waals surface area contributed by atoms with Crippen molar-refractivity contribution >= 4 is 146 Å². The van der Waals surface area contributed by atoms with Crippen LogP contribution in [0.1, 0.15) is 33.4 Å². The molecule has 5 heterocycles. The first-order valence-corrected chi connectivity index (χ1v) is 24.0. The third-order valence-corrected chi connectivity index (χ3v) is 15.8. The van der Waals surface area contributed by atoms with E-state index < -0.39 is 0 Å². The predicted octanol–water partition coefficient (Wildman–Crippen LogP) is 12.6. The van der Waals surface area contributed by atoms with E-state index in [9.17, 15) is 0 Å². The number of rotatable bonds is 2. The van der Waals surface area contributed by atoms with Gasteiger partial charge in [-0.25, -0.2) is 0 Å². The van der Waals surface area contributed by atoms with E-state index in [4.69, 9.17) is 8.83 Å². The largest absolute Gasteiger partial charge is 0.456 e. The number of fused-ring (bicyclic) bond motifs is 16. The Bertz CT molecular complexity index is 3950. The quantitative estimate of drug-likeness (QED) is 0.162. The molecule has 0 amide bonds. The van der Waals surface area contributed by atoms with Crippen LogP contribution in [0.2, 0.25) is 0 Å². The molecule has 68 heavy (non-hydrogen) atoms. The highest BCUT2D eigenvalue weighted by Gasteiger charge is 2.49. The molecule has 0 radical (unpaired) electrons. The number of benzene rings is 10. The van der Waals surface area contributed by atoms with E-state index in [-0.39, 0.29) is 13.4 Å². The zero-order chi connectivity index (χ0) is 45.4. The number of furan rings is 2. The van der Waals surface area contributed by atoms with Crippen LogP contribution in [0.25, 0.3) is 65.4 Å². The van der Waals surface area contributed by atoms with Crippen molar-refractivity contribution in [2.24, 2.45) is 0 Å². The number of aryl methyl sites for hydroxylation is 6. The molecule has 2 aromatic heterocycles. The summed E-state index contributed by atoms with van der Waals surface area (Å²) in [5.74, 6) is 0. The van der Waals surface area contributed by atoms with Crippen molar-refractivity contribution in [1.82, 2.24) is 0 Å². The third kappa shape index (κ3) is 4.92. The first-order chi connectivity index (χ1) is 33.2. The summed E-state index contributed by atoms with van der Waals surface area (Å²) in [6.45, 7) is 13.5. The standard InChI is InChI=1S/C62H44B2N2O2/c1-33-23-35(3)57(36(4)24-33)63-47-31-55-45(43-19-11-13-21-53(43)67-55)29-49(47)65-52-28-40-16-8-10-18-42(40)60-62(52)66(51-27-39-15-7-9-17-41(39)59(63)61(51)65)50-30-46-44-20-12-14-22-54(44)68-56(46)32-48(50)64(60)58-37(5)25-34(2)26-38(58)6/h7-32H,1-6H3. The molecule has 0 unspecified atom stereocenters. The molecule has 4 nitrogen and oxygen atoms in total. The normalized spacial score (nSPS) is 13.6. The summed E-state index contributed by atoms with van der Waals surface area (Å²) in [6.07, 6.45) is 0. The second kappa shape index (κ2) is 13.4. The maximum absolute atomic E-state index is 6.81. The Hall–Kier alpha value is -7.95. The number of hydrogen-bond acceptors (Lipinski definition) is 4. The van der Waals surface area contributed by atoms with Gasteiger partial charge in [0.2, 0.25) is 13.4 Å². The maximum atomic E-state index is 6.81. The zero-order valence-electron chi connectivity index (χ0n) is 38.9. The molecule has 10 aromatic carbocycles. The fourth-order valence-electron chi connectivity index (χ4n) is 13.4. The molecule has 6 heteroatoms. The molecular formula is C62H44B2N2O2. The Balaban J connectivity index is 1.17. The molecule has 3 aliphatic rings. The topological polar surface area (TPSA) is 32.8 Å². The van der Waals surface area contributed by atoms with Crippen molar-refractivity contribution in [3.63, 3.8) is 0 Å². The van der Waals surface area contributed by atoms with Crippen LogP contribution in [0.5, 0.6) is 0 Å². The summed E-state index contributed by atoms with van der Waals surface area (Å²) in [7, 11) is 0. The molecule has 0 fully saturated rings. The minimum atomic E-state index is -0.0871. The van der Waals surface area contributed by atoms with E-state index in [0.717, 1.165) is 43.9 Å². The maximum Gasteiger partial charge on any atom is 0.248 e. The van der Waals surface area contributed by atoms with Crippen LogP contribution in [0.3, 0.4) is 0 Å². The average Bonchev–Trinajstić information content (AvgIpc) is 3.88. The lowest BCUT2D eigenvalue weighted by Crippen LogP contribution is -2.62. The fraction of sp³-hybridized carbons (Fsp3) is 0.0968. The average molecular weight is 871 g/mol. The van der Waals surface area contributed by atoms with Gasteiger partial charge in [0.15, 0.2) is 0 Å². The highest BCUT2D eigenvalue weighted by atomic mass is 16.3. The van der Waals surface area contributed by atoms with Crippen molar-refractivity contribution in [3.05, 3.63) is 191 Å². The third-order valence-electron chi connectivity index (χ3n) is 15.8. The Morgan fingerprint density at radius 1 is 0.324 bits per heavy atom. The van der Waals surface area contributed by atoms with Gasteiger partial charge in [-0.3, -0.25) is 0 Å². The van der Waals surface area contributed by atoms with Gasteiger partial charge in [0.25, 0.3) is 0 Å². The molecule has 320 valence electrons. The second-order valence-electron chi connectivity index (χ2n) is 19.9. The fourth-order valence-corrected chi connectivity index (χ4v) is 13.4. The molecule has 0 atom stereocenters. The Kier molecular flexibility index (Phi) is 7.50. The Labute approximate surface area is 395 Å². The minimum Gasteiger partial charge on any atom is -0.456 e. The van der Waals surface area contributed by atoms with Gasteiger partial charge in [0, 0.05) is 32.9 Å². The van der Waals surface area contributed by atoms with Crippen LogP contribution in [0.4, 0.5) is 34.1 Å². The number of hydrogen-bond donors (Lipinski definition) is 0. The molecule has 0 saturated carbocycles. The summed E-state index contributed by atoms with van der Waals surface area (Å²) in [5, 5.41) is 9.47. The van der Waals surface area contributed by atoms with Gasteiger partial charge in [0.05, 0.1) is 22.7 Å². The van der Waals surface area contributed by atoms with Crippen LogP contribution in [-0.2, 0) is 0 Å². The molecule has 0 saturated heterocycles. The zero-order valence-corrected chi connectivity index (χ0v) is 38.9. The smallest absolute Gasteiger partial charge is 0.248 e. The van der Waals surface area contributed by atoms with Gasteiger partial charge >= 0.3 is 0 Å². The van der Waals surface area contributed by atoms with E-state index in [1.807, 2.05) is 0 Å². The van der Waals surface area contributed by atoms with Crippen molar-refractivity contribution < 1.29 is 8.83 Å². The summed E-state index contributed by atoms with van der Waals surface area (Å²) in [5.41, 5.74) is 26.4. The molecule has 15 rings (SSSR count). The summed E-state index contributed by atoms with van der Waals surface area (Å²) in [4.78, 5) is 5.32. The second-order valence-corrected chi connectivity index (χ2v) is 19.9. The van der Waals surface area contributed by atoms with Gasteiger partial charge in [-0.15, -0.1) is 0 Å². The number of para-hydroxylation sites is 2. The van der Waals surface area contributed by atoms with E-state index >= 15 is 0 Å². The summed E-state index contributed by atoms with van der Waals surface area (Å²) in [6, 6.07) is 59.3. The van der Waals surface area contributed by atoms with Crippen LogP contribution < -0.4 is 42.6 Å². The van der Waals surface area contributed by atoms with E-state index in [1.54, 1.807) is 0 Å². The summed E-state index contributed by atoms with van der Waals surface area (Å²) >= 11 is 0. The molecule has 0 bridgehead atoms. The molecular weight excluding hydrogens is 826 g/mol.